The highest BCUT2D eigenvalue weighted by Gasteiger charge is 2.18. The van der Waals surface area contributed by atoms with Gasteiger partial charge in [0, 0.05) is 16.8 Å². The van der Waals surface area contributed by atoms with Crippen molar-refractivity contribution in [3.05, 3.63) is 188 Å². The Kier molecular flexibility index (Phi) is 5.59. The summed E-state index contributed by atoms with van der Waals surface area (Å²) in [6.07, 6.45) is 0. The lowest BCUT2D eigenvalue weighted by atomic mass is 9.96. The summed E-state index contributed by atoms with van der Waals surface area (Å²) in [5.74, 6) is 0. The van der Waals surface area contributed by atoms with Crippen molar-refractivity contribution in [2.45, 2.75) is 0 Å². The highest BCUT2D eigenvalue weighted by molar-refractivity contribution is 6.14. The third kappa shape index (κ3) is 4.81. The molecule has 0 amide bonds. The Bertz CT molecular complexity index is 2760. The number of rotatable bonds is 5. The monoisotopic (exact) mass is 601 g/mol. The molecular formula is C46H31N. The van der Waals surface area contributed by atoms with Gasteiger partial charge in [0.1, 0.15) is 0 Å². The van der Waals surface area contributed by atoms with Gasteiger partial charge in [-0.25, -0.2) is 0 Å². The number of hydrogen-bond acceptors (Lipinski definition) is 1. The van der Waals surface area contributed by atoms with E-state index in [1.165, 1.54) is 21.5 Å². The van der Waals surface area contributed by atoms with Crippen LogP contribution in [0.15, 0.2) is 188 Å². The van der Waals surface area contributed by atoms with Crippen LogP contribution < -0.4 is 4.90 Å². The van der Waals surface area contributed by atoms with Crippen LogP contribution in [0.25, 0.3) is 65.3 Å². The van der Waals surface area contributed by atoms with Crippen LogP contribution in [-0.4, -0.2) is 0 Å². The number of fused-ring (bicyclic) bond motifs is 6. The van der Waals surface area contributed by atoms with Crippen LogP contribution in [0.4, 0.5) is 17.1 Å². The molecule has 0 unspecified atom stereocenters. The molecule has 9 rings (SSSR count). The van der Waals surface area contributed by atoms with Crippen LogP contribution in [0, 0.1) is 0 Å². The third-order valence-corrected chi connectivity index (χ3v) is 9.09. The van der Waals surface area contributed by atoms with Crippen LogP contribution in [-0.2, 0) is 0 Å². The van der Waals surface area contributed by atoms with Gasteiger partial charge >= 0.3 is 0 Å². The molecule has 0 aliphatic carbocycles. The Morgan fingerprint density at radius 1 is 0.319 bits per heavy atom. The molecule has 0 heterocycles. The molecule has 0 bridgehead atoms. The fourth-order valence-electron chi connectivity index (χ4n) is 6.76. The highest BCUT2D eigenvalue weighted by Crippen LogP contribution is 2.43. The lowest BCUT2D eigenvalue weighted by Crippen LogP contribution is -2.10. The van der Waals surface area contributed by atoms with E-state index in [2.05, 4.69) is 97.1 Å². The molecular weight excluding hydrogens is 567 g/mol. The van der Waals surface area contributed by atoms with Crippen molar-refractivity contribution in [1.29, 1.82) is 0 Å². The van der Waals surface area contributed by atoms with Crippen LogP contribution in [0.3, 0.4) is 0 Å². The zero-order chi connectivity index (χ0) is 34.6. The second-order valence-corrected chi connectivity index (χ2v) is 11.9. The van der Waals surface area contributed by atoms with Gasteiger partial charge in [0.15, 0.2) is 0 Å². The van der Waals surface area contributed by atoms with E-state index >= 15 is 0 Å². The topological polar surface area (TPSA) is 3.24 Å². The molecule has 0 aliphatic rings. The number of benzene rings is 9. The second-order valence-electron chi connectivity index (χ2n) is 11.9. The molecule has 47 heavy (non-hydrogen) atoms. The minimum Gasteiger partial charge on any atom is -0.310 e. The molecule has 0 N–H and O–H groups in total. The normalized spacial score (nSPS) is 12.6. The summed E-state index contributed by atoms with van der Waals surface area (Å²) in [6.45, 7) is 0. The van der Waals surface area contributed by atoms with Gasteiger partial charge in [-0.1, -0.05) is 152 Å². The first-order valence-electron chi connectivity index (χ1n) is 17.9. The molecule has 220 valence electrons. The maximum Gasteiger partial charge on any atom is 0.0645 e. The van der Waals surface area contributed by atoms with Crippen molar-refractivity contribution in [2.75, 3.05) is 4.90 Å². The van der Waals surface area contributed by atoms with Crippen LogP contribution in [0.1, 0.15) is 5.48 Å². The molecule has 0 aliphatic heterocycles. The van der Waals surface area contributed by atoms with Crippen LogP contribution >= 0.6 is 0 Å². The maximum atomic E-state index is 9.41. The molecule has 0 atom stereocenters. The summed E-state index contributed by atoms with van der Waals surface area (Å²) < 4.78 is 37.2. The molecule has 1 nitrogen and oxygen atoms in total. The number of anilines is 3. The van der Waals surface area contributed by atoms with E-state index < -0.39 is 0 Å². The average Bonchev–Trinajstić information content (AvgIpc) is 3.19. The van der Waals surface area contributed by atoms with Gasteiger partial charge in [-0.15, -0.1) is 0 Å². The third-order valence-electron chi connectivity index (χ3n) is 9.09. The summed E-state index contributed by atoms with van der Waals surface area (Å²) in [7, 11) is 0. The first-order chi connectivity index (χ1) is 25.0. The van der Waals surface area contributed by atoms with Crippen molar-refractivity contribution in [1.82, 2.24) is 0 Å². The second kappa shape index (κ2) is 11.3. The predicted molar refractivity (Wildman–Crippen MR) is 202 cm³/mol. The van der Waals surface area contributed by atoms with Gasteiger partial charge in [-0.05, 0) is 96.3 Å². The Morgan fingerprint density at radius 3 is 1.60 bits per heavy atom. The summed E-state index contributed by atoms with van der Waals surface area (Å²) >= 11 is 0. The largest absolute Gasteiger partial charge is 0.310 e. The molecule has 1 heteroatoms. The average molecular weight is 602 g/mol. The summed E-state index contributed by atoms with van der Waals surface area (Å²) in [5.41, 5.74) is 4.78. The zero-order valence-corrected chi connectivity index (χ0v) is 25.5. The first-order valence-corrected chi connectivity index (χ1v) is 15.9. The van der Waals surface area contributed by atoms with Crippen molar-refractivity contribution >= 4 is 60.2 Å². The molecule has 0 spiro atoms. The van der Waals surface area contributed by atoms with Gasteiger partial charge in [-0.3, -0.25) is 0 Å². The standard InChI is InChI=1S/C46H31N/c1-2-10-32(11-3-1)33-22-26-39(27-23-33)47(46-31-38-13-5-7-15-42(38)43-16-8-9-17-44(43)46)40-28-24-34(25-29-40)37-21-20-36-19-18-35-12-4-6-14-41(35)45(36)30-37/h1-31H/i22D,23D,26D,27D. The lowest BCUT2D eigenvalue weighted by Gasteiger charge is -2.28. The van der Waals surface area contributed by atoms with E-state index in [9.17, 15) is 5.48 Å². The van der Waals surface area contributed by atoms with E-state index in [0.717, 1.165) is 44.0 Å². The summed E-state index contributed by atoms with van der Waals surface area (Å²) in [6, 6.07) is 54.9. The minimum absolute atomic E-state index is 0.0766. The number of nitrogens with zero attached hydrogens (tertiary/aromatic N) is 1. The van der Waals surface area contributed by atoms with Gasteiger partial charge in [-0.2, -0.15) is 0 Å². The molecule has 9 aromatic carbocycles. The maximum absolute atomic E-state index is 9.41. The SMILES string of the molecule is [2H]c1c([2H])c(N(c2ccc(-c3ccc4ccc5ccccc5c4c3)cc2)c2cc3ccccc3c3ccccc23)c([2H])c([2H])c1-c1ccccc1. The van der Waals surface area contributed by atoms with Gasteiger partial charge in [0.25, 0.3) is 0 Å². The van der Waals surface area contributed by atoms with Crippen LogP contribution in [0.5, 0.6) is 0 Å². The number of hydrogen-bond donors (Lipinski definition) is 0. The smallest absolute Gasteiger partial charge is 0.0645 e. The summed E-state index contributed by atoms with van der Waals surface area (Å²) in [4.78, 5) is 1.90. The molecule has 0 radical (unpaired) electrons. The molecule has 9 aromatic rings. The molecule has 0 aromatic heterocycles. The molecule has 0 saturated heterocycles. The van der Waals surface area contributed by atoms with E-state index in [1.807, 2.05) is 71.6 Å². The fraction of sp³-hybridized carbons (Fsp3) is 0. The van der Waals surface area contributed by atoms with Crippen molar-refractivity contribution in [3.8, 4) is 22.3 Å². The van der Waals surface area contributed by atoms with Crippen molar-refractivity contribution < 1.29 is 5.48 Å². The Labute approximate surface area is 280 Å². The lowest BCUT2D eigenvalue weighted by molar-refractivity contribution is 1.30. The summed E-state index contributed by atoms with van der Waals surface area (Å²) in [5, 5.41) is 8.92. The first kappa shape index (κ1) is 23.2. The highest BCUT2D eigenvalue weighted by atomic mass is 15.1. The van der Waals surface area contributed by atoms with Crippen molar-refractivity contribution in [3.63, 3.8) is 0 Å². The molecule has 0 saturated carbocycles. The Balaban J connectivity index is 1.27. The fourth-order valence-corrected chi connectivity index (χ4v) is 6.76. The zero-order valence-electron chi connectivity index (χ0n) is 29.5. The Hall–Kier alpha value is -6.18. The van der Waals surface area contributed by atoms with E-state index in [4.69, 9.17) is 0 Å². The Morgan fingerprint density at radius 2 is 0.851 bits per heavy atom. The van der Waals surface area contributed by atoms with Crippen molar-refractivity contribution in [2.24, 2.45) is 0 Å². The van der Waals surface area contributed by atoms with E-state index in [0.29, 0.717) is 5.56 Å². The van der Waals surface area contributed by atoms with Gasteiger partial charge in [0.2, 0.25) is 0 Å². The van der Waals surface area contributed by atoms with Gasteiger partial charge in [0.05, 0.1) is 11.2 Å². The predicted octanol–water partition coefficient (Wildman–Crippen LogP) is 13.1. The minimum atomic E-state index is -0.0995. The van der Waals surface area contributed by atoms with Crippen LogP contribution in [0.2, 0.25) is 0 Å². The van der Waals surface area contributed by atoms with Gasteiger partial charge < -0.3 is 4.90 Å². The van der Waals surface area contributed by atoms with E-state index in [-0.39, 0.29) is 35.4 Å². The van der Waals surface area contributed by atoms with E-state index in [1.54, 1.807) is 0 Å². The quantitative estimate of drug-likeness (QED) is 0.177. The molecule has 0 fully saturated rings.